The van der Waals surface area contributed by atoms with Crippen molar-refractivity contribution in [1.29, 1.82) is 0 Å². The van der Waals surface area contributed by atoms with Crippen molar-refractivity contribution in [2.75, 3.05) is 11.4 Å². The van der Waals surface area contributed by atoms with Gasteiger partial charge in [0.15, 0.2) is 0 Å². The Morgan fingerprint density at radius 3 is 2.65 bits per heavy atom. The van der Waals surface area contributed by atoms with Gasteiger partial charge in [-0.15, -0.1) is 11.6 Å². The van der Waals surface area contributed by atoms with Gasteiger partial charge in [0.2, 0.25) is 0 Å². The third kappa shape index (κ3) is 3.12. The first-order valence-corrected chi connectivity index (χ1v) is 6.93. The average Bonchev–Trinajstić information content (AvgIpc) is 3.09. The number of anilines is 1. The molecule has 1 fully saturated rings. The van der Waals surface area contributed by atoms with Crippen molar-refractivity contribution >= 4 is 17.4 Å². The molecule has 0 unspecified atom stereocenters. The Kier molecular flexibility index (Phi) is 3.93. The molecule has 0 amide bonds. The van der Waals surface area contributed by atoms with Crippen LogP contribution in [0.4, 0.5) is 5.82 Å². The molecule has 1 aliphatic rings. The summed E-state index contributed by atoms with van der Waals surface area (Å²) in [4.78, 5) is 7.08. The van der Waals surface area contributed by atoms with E-state index in [-0.39, 0.29) is 0 Å². The van der Waals surface area contributed by atoms with Gasteiger partial charge in [0.25, 0.3) is 0 Å². The topological polar surface area (TPSA) is 16.1 Å². The second kappa shape index (κ2) is 5.26. The summed E-state index contributed by atoms with van der Waals surface area (Å²) < 4.78 is 0. The second-order valence-corrected chi connectivity index (χ2v) is 5.66. The van der Waals surface area contributed by atoms with E-state index in [0.29, 0.717) is 17.8 Å². The highest BCUT2D eigenvalue weighted by molar-refractivity contribution is 6.17. The highest BCUT2D eigenvalue weighted by Gasteiger charge is 2.31. The molecule has 0 N–H and O–H groups in total. The molecule has 1 aromatic rings. The molecule has 1 aromatic heterocycles. The molecule has 0 atom stereocenters. The van der Waals surface area contributed by atoms with Gasteiger partial charge < -0.3 is 4.90 Å². The number of alkyl halides is 1. The lowest BCUT2D eigenvalue weighted by Crippen LogP contribution is -2.31. The molecule has 0 spiro atoms. The predicted molar refractivity (Wildman–Crippen MR) is 73.7 cm³/mol. The SMILES string of the molecule is Cc1cc(CCl)cnc1N(CC(C)C)C1CC1. The second-order valence-electron chi connectivity index (χ2n) is 5.40. The molecule has 0 saturated heterocycles. The van der Waals surface area contributed by atoms with Gasteiger partial charge in [0.1, 0.15) is 5.82 Å². The molecule has 0 aliphatic heterocycles. The van der Waals surface area contributed by atoms with Crippen LogP contribution in [0.2, 0.25) is 0 Å². The van der Waals surface area contributed by atoms with Gasteiger partial charge in [-0.2, -0.15) is 0 Å². The molecule has 94 valence electrons. The molecule has 1 saturated carbocycles. The van der Waals surface area contributed by atoms with E-state index in [0.717, 1.165) is 17.9 Å². The van der Waals surface area contributed by atoms with E-state index >= 15 is 0 Å². The van der Waals surface area contributed by atoms with Crippen LogP contribution in [0, 0.1) is 12.8 Å². The van der Waals surface area contributed by atoms with Crippen LogP contribution in [-0.4, -0.2) is 17.6 Å². The largest absolute Gasteiger partial charge is 0.353 e. The van der Waals surface area contributed by atoms with Gasteiger partial charge in [0, 0.05) is 24.7 Å². The van der Waals surface area contributed by atoms with Gasteiger partial charge in [-0.3, -0.25) is 0 Å². The zero-order valence-corrected chi connectivity index (χ0v) is 11.7. The standard InChI is InChI=1S/C14H21ClN2/c1-10(2)9-17(13-4-5-13)14-11(3)6-12(7-15)8-16-14/h6,8,10,13H,4-5,7,9H2,1-3H3. The summed E-state index contributed by atoms with van der Waals surface area (Å²) in [6.45, 7) is 7.75. The summed E-state index contributed by atoms with van der Waals surface area (Å²) >= 11 is 5.84. The normalized spacial score (nSPS) is 15.4. The zero-order valence-electron chi connectivity index (χ0n) is 10.9. The van der Waals surface area contributed by atoms with Crippen LogP contribution in [0.5, 0.6) is 0 Å². The minimum absolute atomic E-state index is 0.543. The molecule has 2 rings (SSSR count). The van der Waals surface area contributed by atoms with Crippen LogP contribution in [0.15, 0.2) is 12.3 Å². The summed E-state index contributed by atoms with van der Waals surface area (Å²) in [5.74, 6) is 2.36. The quantitative estimate of drug-likeness (QED) is 0.742. The molecule has 0 aromatic carbocycles. The van der Waals surface area contributed by atoms with E-state index in [4.69, 9.17) is 11.6 Å². The fourth-order valence-electron chi connectivity index (χ4n) is 2.19. The van der Waals surface area contributed by atoms with E-state index in [2.05, 4.69) is 36.7 Å². The van der Waals surface area contributed by atoms with Crippen molar-refractivity contribution in [3.8, 4) is 0 Å². The lowest BCUT2D eigenvalue weighted by Gasteiger charge is -2.27. The van der Waals surface area contributed by atoms with Crippen molar-refractivity contribution in [2.45, 2.75) is 45.5 Å². The van der Waals surface area contributed by atoms with Crippen LogP contribution < -0.4 is 4.90 Å². The fourth-order valence-corrected chi connectivity index (χ4v) is 2.33. The first kappa shape index (κ1) is 12.7. The summed E-state index contributed by atoms with van der Waals surface area (Å²) in [5.41, 5.74) is 2.35. The summed E-state index contributed by atoms with van der Waals surface area (Å²) in [5, 5.41) is 0. The van der Waals surface area contributed by atoms with Gasteiger partial charge in [0.05, 0.1) is 0 Å². The molecular formula is C14H21ClN2. The predicted octanol–water partition coefficient (Wildman–Crippen LogP) is 3.75. The Balaban J connectivity index is 2.23. The fraction of sp³-hybridized carbons (Fsp3) is 0.643. The highest BCUT2D eigenvalue weighted by atomic mass is 35.5. The van der Waals surface area contributed by atoms with E-state index in [1.165, 1.54) is 18.4 Å². The van der Waals surface area contributed by atoms with Crippen LogP contribution in [0.1, 0.15) is 37.8 Å². The van der Waals surface area contributed by atoms with Crippen molar-refractivity contribution in [1.82, 2.24) is 4.98 Å². The first-order valence-electron chi connectivity index (χ1n) is 6.40. The summed E-state index contributed by atoms with van der Waals surface area (Å²) in [7, 11) is 0. The van der Waals surface area contributed by atoms with E-state index < -0.39 is 0 Å². The smallest absolute Gasteiger partial charge is 0.131 e. The lowest BCUT2D eigenvalue weighted by atomic mass is 10.1. The molecule has 1 heterocycles. The zero-order chi connectivity index (χ0) is 12.4. The molecule has 17 heavy (non-hydrogen) atoms. The van der Waals surface area contributed by atoms with Crippen molar-refractivity contribution in [3.63, 3.8) is 0 Å². The summed E-state index contributed by atoms with van der Waals surface area (Å²) in [6.07, 6.45) is 4.53. The molecular weight excluding hydrogens is 232 g/mol. The van der Waals surface area contributed by atoms with Gasteiger partial charge in [-0.25, -0.2) is 4.98 Å². The number of aryl methyl sites for hydroxylation is 1. The van der Waals surface area contributed by atoms with E-state index in [9.17, 15) is 0 Å². The first-order chi connectivity index (χ1) is 8.11. The Labute approximate surface area is 109 Å². The third-order valence-corrected chi connectivity index (χ3v) is 3.39. The number of halogens is 1. The summed E-state index contributed by atoms with van der Waals surface area (Å²) in [6, 6.07) is 2.87. The van der Waals surface area contributed by atoms with Crippen LogP contribution in [0.3, 0.4) is 0 Å². The highest BCUT2D eigenvalue weighted by Crippen LogP contribution is 2.33. The third-order valence-electron chi connectivity index (χ3n) is 3.08. The van der Waals surface area contributed by atoms with Gasteiger partial charge in [-0.05, 0) is 42.9 Å². The molecule has 0 radical (unpaired) electrons. The Morgan fingerprint density at radius 1 is 1.47 bits per heavy atom. The van der Waals surface area contributed by atoms with Gasteiger partial charge in [-0.1, -0.05) is 13.8 Å². The Morgan fingerprint density at radius 2 is 2.18 bits per heavy atom. The number of nitrogens with zero attached hydrogens (tertiary/aromatic N) is 2. The molecule has 3 heteroatoms. The van der Waals surface area contributed by atoms with E-state index in [1.54, 1.807) is 0 Å². The number of aromatic nitrogens is 1. The molecule has 0 bridgehead atoms. The number of rotatable bonds is 5. The van der Waals surface area contributed by atoms with Crippen LogP contribution in [-0.2, 0) is 5.88 Å². The monoisotopic (exact) mass is 252 g/mol. The minimum atomic E-state index is 0.543. The van der Waals surface area contributed by atoms with Crippen LogP contribution in [0.25, 0.3) is 0 Å². The van der Waals surface area contributed by atoms with E-state index in [1.807, 2.05) is 6.20 Å². The molecule has 2 nitrogen and oxygen atoms in total. The van der Waals surface area contributed by atoms with Crippen molar-refractivity contribution in [3.05, 3.63) is 23.4 Å². The van der Waals surface area contributed by atoms with Crippen molar-refractivity contribution in [2.24, 2.45) is 5.92 Å². The maximum absolute atomic E-state index is 5.84. The maximum atomic E-state index is 5.84. The Hall–Kier alpha value is -0.760. The Bertz CT molecular complexity index is 386. The maximum Gasteiger partial charge on any atom is 0.131 e. The lowest BCUT2D eigenvalue weighted by molar-refractivity contribution is 0.601. The number of hydrogen-bond donors (Lipinski definition) is 0. The number of hydrogen-bond acceptors (Lipinski definition) is 2. The van der Waals surface area contributed by atoms with Crippen molar-refractivity contribution < 1.29 is 0 Å². The van der Waals surface area contributed by atoms with Crippen LogP contribution >= 0.6 is 11.6 Å². The minimum Gasteiger partial charge on any atom is -0.353 e. The molecule has 1 aliphatic carbocycles. The number of pyridine rings is 1. The average molecular weight is 253 g/mol. The van der Waals surface area contributed by atoms with Gasteiger partial charge >= 0.3 is 0 Å².